The molecule has 17 heavy (non-hydrogen) atoms. The third-order valence-corrected chi connectivity index (χ3v) is 2.86. The minimum atomic E-state index is 0.166. The van der Waals surface area contributed by atoms with Crippen molar-refractivity contribution in [3.05, 3.63) is 35.9 Å². The van der Waals surface area contributed by atoms with Gasteiger partial charge in [0.05, 0.1) is 19.3 Å². The quantitative estimate of drug-likeness (QED) is 0.742. The van der Waals surface area contributed by atoms with E-state index in [0.717, 1.165) is 0 Å². The summed E-state index contributed by atoms with van der Waals surface area (Å²) in [4.78, 5) is 4.71. The average Bonchev–Trinajstić information content (AvgIpc) is 2.30. The maximum Gasteiger partial charge on any atom is 0.0729 e. The molecule has 0 aliphatic rings. The van der Waals surface area contributed by atoms with Crippen LogP contribution in [0.3, 0.4) is 0 Å². The standard InChI is InChI=1S/C14H23NO2/c1-11(2)14(12(3)9-17-15)16-10-13-7-5-4-6-8-13/h4-8,11-12,14H,9-10,15H2,1-3H3/t12-,14-/m1/s1. The van der Waals surface area contributed by atoms with Crippen molar-refractivity contribution >= 4 is 0 Å². The van der Waals surface area contributed by atoms with Gasteiger partial charge in [0.1, 0.15) is 0 Å². The number of hydrogen-bond acceptors (Lipinski definition) is 3. The maximum atomic E-state index is 5.97. The van der Waals surface area contributed by atoms with Crippen molar-refractivity contribution < 1.29 is 9.57 Å². The highest BCUT2D eigenvalue weighted by molar-refractivity contribution is 5.13. The summed E-state index contributed by atoms with van der Waals surface area (Å²) in [5, 5.41) is 0. The first-order chi connectivity index (χ1) is 8.15. The highest BCUT2D eigenvalue weighted by atomic mass is 16.6. The normalized spacial score (nSPS) is 14.9. The van der Waals surface area contributed by atoms with Crippen LogP contribution in [0.15, 0.2) is 30.3 Å². The molecule has 0 radical (unpaired) electrons. The molecule has 0 heterocycles. The molecule has 0 aromatic heterocycles. The van der Waals surface area contributed by atoms with Gasteiger partial charge >= 0.3 is 0 Å². The molecular weight excluding hydrogens is 214 g/mol. The number of nitrogens with two attached hydrogens (primary N) is 1. The Morgan fingerprint density at radius 1 is 1.12 bits per heavy atom. The Hall–Kier alpha value is -0.900. The van der Waals surface area contributed by atoms with Crippen molar-refractivity contribution in [2.45, 2.75) is 33.5 Å². The summed E-state index contributed by atoms with van der Waals surface area (Å²) in [6.45, 7) is 7.57. The van der Waals surface area contributed by atoms with Gasteiger partial charge in [-0.2, -0.15) is 0 Å². The predicted octanol–water partition coefficient (Wildman–Crippen LogP) is 2.75. The Kier molecular flexibility index (Phi) is 6.19. The van der Waals surface area contributed by atoms with E-state index in [2.05, 4.69) is 32.9 Å². The average molecular weight is 237 g/mol. The van der Waals surface area contributed by atoms with Crippen LogP contribution in [0, 0.1) is 11.8 Å². The van der Waals surface area contributed by atoms with Crippen LogP contribution >= 0.6 is 0 Å². The molecule has 0 unspecified atom stereocenters. The van der Waals surface area contributed by atoms with E-state index in [9.17, 15) is 0 Å². The molecule has 1 aromatic rings. The van der Waals surface area contributed by atoms with E-state index in [1.165, 1.54) is 5.56 Å². The molecule has 1 rings (SSSR count). The number of hydrogen-bond donors (Lipinski definition) is 1. The number of ether oxygens (including phenoxy) is 1. The van der Waals surface area contributed by atoms with Gasteiger partial charge in [-0.3, -0.25) is 0 Å². The molecule has 1 aromatic carbocycles. The van der Waals surface area contributed by atoms with Crippen LogP contribution in [0.4, 0.5) is 0 Å². The minimum Gasteiger partial charge on any atom is -0.373 e. The van der Waals surface area contributed by atoms with E-state index in [0.29, 0.717) is 25.0 Å². The summed E-state index contributed by atoms with van der Waals surface area (Å²) in [5.74, 6) is 5.86. The molecule has 0 fully saturated rings. The van der Waals surface area contributed by atoms with Crippen molar-refractivity contribution in [2.75, 3.05) is 6.61 Å². The minimum absolute atomic E-state index is 0.166. The molecule has 3 heteroatoms. The Balaban J connectivity index is 2.50. The molecule has 3 nitrogen and oxygen atoms in total. The van der Waals surface area contributed by atoms with Gasteiger partial charge in [-0.25, -0.2) is 5.90 Å². The second-order valence-corrected chi connectivity index (χ2v) is 4.82. The molecule has 0 bridgehead atoms. The first kappa shape index (κ1) is 14.2. The van der Waals surface area contributed by atoms with Gasteiger partial charge in [0.15, 0.2) is 0 Å². The first-order valence-electron chi connectivity index (χ1n) is 6.12. The highest BCUT2D eigenvalue weighted by Gasteiger charge is 2.21. The smallest absolute Gasteiger partial charge is 0.0729 e. The van der Waals surface area contributed by atoms with E-state index in [-0.39, 0.29) is 6.10 Å². The van der Waals surface area contributed by atoms with Crippen LogP contribution in [-0.2, 0) is 16.2 Å². The van der Waals surface area contributed by atoms with Crippen LogP contribution < -0.4 is 5.90 Å². The molecule has 0 spiro atoms. The van der Waals surface area contributed by atoms with E-state index < -0.39 is 0 Å². The lowest BCUT2D eigenvalue weighted by Gasteiger charge is -2.27. The lowest BCUT2D eigenvalue weighted by molar-refractivity contribution is -0.0491. The molecule has 0 amide bonds. The van der Waals surface area contributed by atoms with Gasteiger partial charge in [0.25, 0.3) is 0 Å². The van der Waals surface area contributed by atoms with E-state index in [1.54, 1.807) is 0 Å². The van der Waals surface area contributed by atoms with Gasteiger partial charge in [-0.05, 0) is 11.5 Å². The van der Waals surface area contributed by atoms with E-state index >= 15 is 0 Å². The van der Waals surface area contributed by atoms with Crippen molar-refractivity contribution in [3.63, 3.8) is 0 Å². The zero-order chi connectivity index (χ0) is 12.7. The Bertz CT molecular complexity index is 300. The zero-order valence-corrected chi connectivity index (χ0v) is 10.9. The molecular formula is C14H23NO2. The summed E-state index contributed by atoms with van der Waals surface area (Å²) >= 11 is 0. The monoisotopic (exact) mass is 237 g/mol. The fourth-order valence-corrected chi connectivity index (χ4v) is 2.03. The molecule has 0 saturated carbocycles. The molecule has 0 aliphatic carbocycles. The van der Waals surface area contributed by atoms with Crippen molar-refractivity contribution in [2.24, 2.45) is 17.7 Å². The Labute approximate surface area is 104 Å². The SMILES string of the molecule is CC(C)[C@@H](OCc1ccccc1)[C@H](C)CON. The second kappa shape index (κ2) is 7.43. The summed E-state index contributed by atoms with van der Waals surface area (Å²) in [6, 6.07) is 10.2. The van der Waals surface area contributed by atoms with Crippen LogP contribution in [0.1, 0.15) is 26.3 Å². The van der Waals surface area contributed by atoms with Crippen molar-refractivity contribution in [3.8, 4) is 0 Å². The molecule has 2 N–H and O–H groups in total. The van der Waals surface area contributed by atoms with Crippen LogP contribution in [-0.4, -0.2) is 12.7 Å². The molecule has 0 aliphatic heterocycles. The number of rotatable bonds is 7. The van der Waals surface area contributed by atoms with Gasteiger partial charge in [-0.1, -0.05) is 51.1 Å². The highest BCUT2D eigenvalue weighted by Crippen LogP contribution is 2.18. The van der Waals surface area contributed by atoms with Crippen molar-refractivity contribution in [1.29, 1.82) is 0 Å². The molecule has 96 valence electrons. The third kappa shape index (κ3) is 4.86. The maximum absolute atomic E-state index is 5.97. The van der Waals surface area contributed by atoms with Gasteiger partial charge in [0, 0.05) is 5.92 Å². The lowest BCUT2D eigenvalue weighted by atomic mass is 9.95. The van der Waals surface area contributed by atoms with Crippen LogP contribution in [0.2, 0.25) is 0 Å². The second-order valence-electron chi connectivity index (χ2n) is 4.82. The summed E-state index contributed by atoms with van der Waals surface area (Å²) in [6.07, 6.45) is 0.166. The van der Waals surface area contributed by atoms with Gasteiger partial charge in [-0.15, -0.1) is 0 Å². The number of benzene rings is 1. The molecule has 2 atom stereocenters. The van der Waals surface area contributed by atoms with Gasteiger partial charge in [0.2, 0.25) is 0 Å². The summed E-state index contributed by atoms with van der Waals surface area (Å²) < 4.78 is 5.97. The third-order valence-electron chi connectivity index (χ3n) is 2.86. The fraction of sp³-hybridized carbons (Fsp3) is 0.571. The zero-order valence-electron chi connectivity index (χ0n) is 10.9. The van der Waals surface area contributed by atoms with E-state index in [1.807, 2.05) is 18.2 Å². The Morgan fingerprint density at radius 2 is 1.76 bits per heavy atom. The summed E-state index contributed by atoms with van der Waals surface area (Å²) in [5.41, 5.74) is 1.19. The Morgan fingerprint density at radius 3 is 2.29 bits per heavy atom. The van der Waals surface area contributed by atoms with E-state index in [4.69, 9.17) is 15.5 Å². The first-order valence-corrected chi connectivity index (χ1v) is 6.12. The topological polar surface area (TPSA) is 44.5 Å². The fourth-order valence-electron chi connectivity index (χ4n) is 2.03. The largest absolute Gasteiger partial charge is 0.373 e. The van der Waals surface area contributed by atoms with Crippen LogP contribution in [0.5, 0.6) is 0 Å². The summed E-state index contributed by atoms with van der Waals surface area (Å²) in [7, 11) is 0. The molecule has 0 saturated heterocycles. The van der Waals surface area contributed by atoms with Crippen molar-refractivity contribution in [1.82, 2.24) is 0 Å². The van der Waals surface area contributed by atoms with Crippen LogP contribution in [0.25, 0.3) is 0 Å². The van der Waals surface area contributed by atoms with Gasteiger partial charge < -0.3 is 9.57 Å². The predicted molar refractivity (Wildman–Crippen MR) is 69.2 cm³/mol. The lowest BCUT2D eigenvalue weighted by Crippen LogP contribution is -2.31.